The summed E-state index contributed by atoms with van der Waals surface area (Å²) in [7, 11) is -3.95. The van der Waals surface area contributed by atoms with Gasteiger partial charge in [0.2, 0.25) is 0 Å². The summed E-state index contributed by atoms with van der Waals surface area (Å²) in [5, 5.41) is 8.83. The van der Waals surface area contributed by atoms with Gasteiger partial charge in [0, 0.05) is 30.9 Å². The number of pyridine rings is 1. The fraction of sp³-hybridized carbons (Fsp3) is 0.211. The molecule has 31 heavy (non-hydrogen) atoms. The van der Waals surface area contributed by atoms with Crippen LogP contribution < -0.4 is 4.31 Å². The highest BCUT2D eigenvalue weighted by Crippen LogP contribution is 2.33. The number of alkyl halides is 3. The highest BCUT2D eigenvalue weighted by molar-refractivity contribution is 7.92. The highest BCUT2D eigenvalue weighted by atomic mass is 32.2. The molecule has 4 aromatic rings. The van der Waals surface area contributed by atoms with Crippen molar-refractivity contribution >= 4 is 26.6 Å². The second kappa shape index (κ2) is 6.80. The molecule has 0 bridgehead atoms. The molecule has 3 aromatic heterocycles. The molecule has 160 valence electrons. The zero-order chi connectivity index (χ0) is 21.8. The molecule has 0 radical (unpaired) electrons. The molecular formula is C19H15F3N6O2S. The second-order valence-corrected chi connectivity index (χ2v) is 8.90. The summed E-state index contributed by atoms with van der Waals surface area (Å²) in [5.41, 5.74) is 0.350. The Labute approximate surface area is 174 Å². The third-order valence-electron chi connectivity index (χ3n) is 5.09. The normalized spacial score (nSPS) is 14.7. The van der Waals surface area contributed by atoms with Gasteiger partial charge in [0.1, 0.15) is 4.90 Å². The summed E-state index contributed by atoms with van der Waals surface area (Å²) < 4.78 is 69.2. The Bertz CT molecular complexity index is 1380. The lowest BCUT2D eigenvalue weighted by molar-refractivity contribution is -0.137. The minimum absolute atomic E-state index is 0.0654. The van der Waals surface area contributed by atoms with E-state index in [1.807, 2.05) is 6.07 Å². The number of aromatic nitrogens is 5. The molecule has 4 heterocycles. The van der Waals surface area contributed by atoms with Crippen LogP contribution in [0.15, 0.2) is 60.0 Å². The molecule has 0 saturated carbocycles. The first-order valence-corrected chi connectivity index (χ1v) is 10.7. The number of rotatable bonds is 3. The predicted molar refractivity (Wildman–Crippen MR) is 105 cm³/mol. The van der Waals surface area contributed by atoms with Crippen molar-refractivity contribution in [3.05, 3.63) is 60.7 Å². The zero-order valence-corrected chi connectivity index (χ0v) is 16.7. The maximum absolute atomic E-state index is 13.4. The number of hydrogen-bond donors (Lipinski definition) is 0. The molecular weight excluding hydrogens is 433 g/mol. The quantitative estimate of drug-likeness (QED) is 0.480. The highest BCUT2D eigenvalue weighted by Gasteiger charge is 2.33. The summed E-state index contributed by atoms with van der Waals surface area (Å²) in [6, 6.07) is 8.01. The Hall–Kier alpha value is -3.41. The number of anilines is 1. The molecule has 0 fully saturated rings. The fourth-order valence-electron chi connectivity index (χ4n) is 3.61. The van der Waals surface area contributed by atoms with Crippen molar-refractivity contribution in [1.29, 1.82) is 0 Å². The SMILES string of the molecule is O=S(=O)(c1ccc(-n2cc(C(F)(F)F)cn2)nc1)N1CCCn2ncc3cccc1c32. The van der Waals surface area contributed by atoms with Gasteiger partial charge in [-0.1, -0.05) is 12.1 Å². The van der Waals surface area contributed by atoms with E-state index in [4.69, 9.17) is 0 Å². The molecule has 0 unspecified atom stereocenters. The average Bonchev–Trinajstić information content (AvgIpc) is 3.34. The Balaban J connectivity index is 1.51. The number of para-hydroxylation sites is 1. The first kappa shape index (κ1) is 19.5. The third-order valence-corrected chi connectivity index (χ3v) is 6.89. The Morgan fingerprint density at radius 2 is 1.81 bits per heavy atom. The lowest BCUT2D eigenvalue weighted by atomic mass is 10.2. The van der Waals surface area contributed by atoms with E-state index in [-0.39, 0.29) is 17.3 Å². The molecule has 8 nitrogen and oxygen atoms in total. The predicted octanol–water partition coefficient (Wildman–Crippen LogP) is 3.23. The number of benzene rings is 1. The van der Waals surface area contributed by atoms with Crippen molar-refractivity contribution in [3.8, 4) is 5.82 Å². The smallest absolute Gasteiger partial charge is 0.264 e. The van der Waals surface area contributed by atoms with Crippen molar-refractivity contribution in [2.75, 3.05) is 10.8 Å². The van der Waals surface area contributed by atoms with Gasteiger partial charge in [-0.05, 0) is 24.6 Å². The van der Waals surface area contributed by atoms with Crippen molar-refractivity contribution in [1.82, 2.24) is 24.5 Å². The molecule has 12 heteroatoms. The van der Waals surface area contributed by atoms with E-state index >= 15 is 0 Å². The second-order valence-electron chi connectivity index (χ2n) is 7.04. The van der Waals surface area contributed by atoms with E-state index in [1.54, 1.807) is 23.0 Å². The van der Waals surface area contributed by atoms with Crippen molar-refractivity contribution in [3.63, 3.8) is 0 Å². The monoisotopic (exact) mass is 448 g/mol. The number of nitrogens with zero attached hydrogens (tertiary/aromatic N) is 6. The third kappa shape index (κ3) is 3.23. The van der Waals surface area contributed by atoms with Crippen LogP contribution in [-0.4, -0.2) is 39.5 Å². The van der Waals surface area contributed by atoms with E-state index in [2.05, 4.69) is 15.2 Å². The maximum atomic E-state index is 13.4. The standard InChI is InChI=1S/C19H15F3N6O2S/c20-19(21,22)14-10-25-27(12-14)17-6-5-15(11-23-17)31(29,30)28-8-2-7-26-18-13(9-24-26)3-1-4-16(18)28/h1,3-6,9-12H,2,7-8H2. The average molecular weight is 448 g/mol. The summed E-state index contributed by atoms with van der Waals surface area (Å²) in [5.74, 6) is 0.0745. The van der Waals surface area contributed by atoms with Crippen LogP contribution in [0, 0.1) is 0 Å². The fourth-order valence-corrected chi connectivity index (χ4v) is 5.07. The van der Waals surface area contributed by atoms with Crippen molar-refractivity contribution in [2.24, 2.45) is 0 Å². The molecule has 5 rings (SSSR count). The van der Waals surface area contributed by atoms with Gasteiger partial charge in [0.05, 0.1) is 29.2 Å². The van der Waals surface area contributed by atoms with E-state index in [0.29, 0.717) is 24.8 Å². The van der Waals surface area contributed by atoms with Gasteiger partial charge in [0.25, 0.3) is 10.0 Å². The first-order valence-electron chi connectivity index (χ1n) is 9.31. The van der Waals surface area contributed by atoms with Crippen molar-refractivity contribution in [2.45, 2.75) is 24.0 Å². The van der Waals surface area contributed by atoms with Crippen LogP contribution in [-0.2, 0) is 22.7 Å². The van der Waals surface area contributed by atoms with Crippen LogP contribution in [0.5, 0.6) is 0 Å². The number of hydrogen-bond acceptors (Lipinski definition) is 5. The lowest BCUT2D eigenvalue weighted by Crippen LogP contribution is -2.31. The molecule has 0 aliphatic carbocycles. The van der Waals surface area contributed by atoms with Gasteiger partial charge in [-0.2, -0.15) is 23.4 Å². The minimum Gasteiger partial charge on any atom is -0.264 e. The molecule has 0 atom stereocenters. The Morgan fingerprint density at radius 1 is 0.968 bits per heavy atom. The summed E-state index contributed by atoms with van der Waals surface area (Å²) in [6.45, 7) is 0.852. The molecule has 0 amide bonds. The zero-order valence-electron chi connectivity index (χ0n) is 15.9. The van der Waals surface area contributed by atoms with E-state index < -0.39 is 21.8 Å². The summed E-state index contributed by atoms with van der Waals surface area (Å²) in [4.78, 5) is 3.96. The van der Waals surface area contributed by atoms with Gasteiger partial charge in [-0.25, -0.2) is 18.1 Å². The van der Waals surface area contributed by atoms with Gasteiger partial charge in [0.15, 0.2) is 5.82 Å². The van der Waals surface area contributed by atoms with Crippen molar-refractivity contribution < 1.29 is 21.6 Å². The maximum Gasteiger partial charge on any atom is 0.419 e. The summed E-state index contributed by atoms with van der Waals surface area (Å²) in [6.07, 6.45) is 0.360. The Kier molecular flexibility index (Phi) is 4.29. The number of halogens is 3. The molecule has 0 spiro atoms. The van der Waals surface area contributed by atoms with E-state index in [9.17, 15) is 21.6 Å². The molecule has 1 aromatic carbocycles. The van der Waals surface area contributed by atoms with Crippen LogP contribution in [0.25, 0.3) is 16.7 Å². The molecule has 1 aliphatic rings. The lowest BCUT2D eigenvalue weighted by Gasteiger charge is -2.23. The molecule has 1 aliphatic heterocycles. The topological polar surface area (TPSA) is 85.9 Å². The van der Waals surface area contributed by atoms with Crippen LogP contribution in [0.2, 0.25) is 0 Å². The number of sulfonamides is 1. The Morgan fingerprint density at radius 3 is 2.52 bits per heavy atom. The number of aryl methyl sites for hydroxylation is 1. The minimum atomic E-state index is -4.53. The first-order chi connectivity index (χ1) is 14.7. The summed E-state index contributed by atoms with van der Waals surface area (Å²) >= 11 is 0. The van der Waals surface area contributed by atoms with E-state index in [1.165, 1.54) is 16.4 Å². The van der Waals surface area contributed by atoms with Crippen LogP contribution in [0.3, 0.4) is 0 Å². The molecule has 0 saturated heterocycles. The van der Waals surface area contributed by atoms with Gasteiger partial charge in [-0.15, -0.1) is 0 Å². The van der Waals surface area contributed by atoms with E-state index in [0.717, 1.165) is 28.0 Å². The largest absolute Gasteiger partial charge is 0.419 e. The van der Waals surface area contributed by atoms with Crippen LogP contribution in [0.1, 0.15) is 12.0 Å². The van der Waals surface area contributed by atoms with Crippen LogP contribution >= 0.6 is 0 Å². The molecule has 0 N–H and O–H groups in total. The van der Waals surface area contributed by atoms with Gasteiger partial charge < -0.3 is 0 Å². The van der Waals surface area contributed by atoms with Crippen LogP contribution in [0.4, 0.5) is 18.9 Å². The van der Waals surface area contributed by atoms with Gasteiger partial charge >= 0.3 is 6.18 Å². The van der Waals surface area contributed by atoms with Gasteiger partial charge in [-0.3, -0.25) is 8.99 Å².